The van der Waals surface area contributed by atoms with E-state index in [1.807, 2.05) is 0 Å². The molecule has 1 atom stereocenters. The van der Waals surface area contributed by atoms with Crippen LogP contribution in [0.25, 0.3) is 0 Å². The van der Waals surface area contributed by atoms with Crippen molar-refractivity contribution in [1.29, 1.82) is 0 Å². The molecule has 0 aromatic heterocycles. The van der Waals surface area contributed by atoms with Crippen LogP contribution in [0.4, 0.5) is 0 Å². The Hall–Kier alpha value is -1.55. The number of phenols is 1. The van der Waals surface area contributed by atoms with Gasteiger partial charge in [-0.2, -0.15) is 0 Å². The van der Waals surface area contributed by atoms with Crippen LogP contribution in [0, 0.1) is 5.41 Å². The summed E-state index contributed by atoms with van der Waals surface area (Å²) in [5.41, 5.74) is 0.879. The Labute approximate surface area is 120 Å². The van der Waals surface area contributed by atoms with Gasteiger partial charge in [0.25, 0.3) is 0 Å². The molecule has 4 nitrogen and oxygen atoms in total. The molecule has 0 aliphatic rings. The zero-order valence-corrected chi connectivity index (χ0v) is 12.8. The van der Waals surface area contributed by atoms with Crippen LogP contribution in [0.2, 0.25) is 0 Å². The maximum absolute atomic E-state index is 10.9. The number of carboxylic acid groups (broad SMARTS) is 1. The number of aliphatic hydroxyl groups is 1. The third-order valence-corrected chi connectivity index (χ3v) is 3.31. The molecule has 1 aromatic carbocycles. The first-order valence-corrected chi connectivity index (χ1v) is 6.68. The fourth-order valence-corrected chi connectivity index (χ4v) is 2.76. The number of hydrogen-bond acceptors (Lipinski definition) is 3. The molecule has 0 saturated carbocycles. The summed E-state index contributed by atoms with van der Waals surface area (Å²) in [6, 6.07) is 4.81. The van der Waals surface area contributed by atoms with Gasteiger partial charge in [0.1, 0.15) is 5.75 Å². The fraction of sp³-hybridized carbons (Fsp3) is 0.562. The molecule has 0 saturated heterocycles. The van der Waals surface area contributed by atoms with Crippen molar-refractivity contribution >= 4 is 5.97 Å². The number of carbonyl (C=O) groups is 1. The van der Waals surface area contributed by atoms with Crippen LogP contribution in [0.3, 0.4) is 0 Å². The molecule has 1 aromatic rings. The minimum absolute atomic E-state index is 0.0389. The molecular formula is C16H24O4. The Bertz CT molecular complexity index is 498. The maximum Gasteiger partial charge on any atom is 0.337 e. The topological polar surface area (TPSA) is 77.8 Å². The maximum atomic E-state index is 10.9. The van der Waals surface area contributed by atoms with Gasteiger partial charge in [-0.05, 0) is 34.9 Å². The zero-order valence-electron chi connectivity index (χ0n) is 12.8. The quantitative estimate of drug-likeness (QED) is 0.791. The average molecular weight is 280 g/mol. The summed E-state index contributed by atoms with van der Waals surface area (Å²) in [6.45, 7) is 10.6. The summed E-state index contributed by atoms with van der Waals surface area (Å²) in [4.78, 5) is 10.9. The van der Waals surface area contributed by atoms with Gasteiger partial charge in [0.15, 0.2) is 6.10 Å². The van der Waals surface area contributed by atoms with Crippen LogP contribution >= 0.6 is 0 Å². The summed E-state index contributed by atoms with van der Waals surface area (Å²) >= 11 is 0. The Kier molecular flexibility index (Phi) is 4.49. The molecule has 112 valence electrons. The van der Waals surface area contributed by atoms with Crippen molar-refractivity contribution in [2.24, 2.45) is 5.41 Å². The highest BCUT2D eigenvalue weighted by molar-refractivity contribution is 5.75. The predicted octanol–water partition coefficient (Wildman–Crippen LogP) is 3.22. The molecule has 0 heterocycles. The van der Waals surface area contributed by atoms with Crippen molar-refractivity contribution < 1.29 is 20.1 Å². The summed E-state index contributed by atoms with van der Waals surface area (Å²) in [6.07, 6.45) is -0.812. The molecule has 3 N–H and O–H groups in total. The van der Waals surface area contributed by atoms with Crippen LogP contribution in [0.5, 0.6) is 5.75 Å². The molecule has 0 fully saturated rings. The molecule has 4 heteroatoms. The van der Waals surface area contributed by atoms with Crippen molar-refractivity contribution in [3.8, 4) is 5.75 Å². The molecule has 20 heavy (non-hydrogen) atoms. The second-order valence-electron chi connectivity index (χ2n) is 7.14. The molecule has 0 radical (unpaired) electrons. The van der Waals surface area contributed by atoms with E-state index in [2.05, 4.69) is 34.6 Å². The summed E-state index contributed by atoms with van der Waals surface area (Å²) in [7, 11) is 0. The first-order valence-electron chi connectivity index (χ1n) is 6.68. The normalized spacial score (nSPS) is 14.1. The number of aliphatic carboxylic acids is 1. The largest absolute Gasteiger partial charge is 0.508 e. The van der Waals surface area contributed by atoms with Gasteiger partial charge in [0.2, 0.25) is 0 Å². The van der Waals surface area contributed by atoms with E-state index >= 15 is 0 Å². The Balaban J connectivity index is 3.21. The van der Waals surface area contributed by atoms with E-state index in [9.17, 15) is 15.0 Å². The zero-order chi connectivity index (χ0) is 15.7. The average Bonchev–Trinajstić information content (AvgIpc) is 2.25. The number of hydrogen-bond donors (Lipinski definition) is 3. The molecule has 0 aliphatic carbocycles. The first kappa shape index (κ1) is 16.5. The smallest absolute Gasteiger partial charge is 0.337 e. The van der Waals surface area contributed by atoms with Gasteiger partial charge in [0.05, 0.1) is 0 Å². The third-order valence-electron chi connectivity index (χ3n) is 3.31. The molecule has 0 amide bonds. The second-order valence-corrected chi connectivity index (χ2v) is 7.14. The van der Waals surface area contributed by atoms with Crippen LogP contribution in [-0.2, 0) is 10.2 Å². The van der Waals surface area contributed by atoms with Gasteiger partial charge < -0.3 is 15.3 Å². The van der Waals surface area contributed by atoms with Crippen molar-refractivity contribution in [1.82, 2.24) is 0 Å². The van der Waals surface area contributed by atoms with Gasteiger partial charge >= 0.3 is 5.97 Å². The van der Waals surface area contributed by atoms with E-state index in [0.717, 1.165) is 12.0 Å². The lowest BCUT2D eigenvalue weighted by Crippen LogP contribution is -2.25. The number of rotatable bonds is 4. The summed E-state index contributed by atoms with van der Waals surface area (Å²) < 4.78 is 0. The minimum atomic E-state index is -1.71. The van der Waals surface area contributed by atoms with Gasteiger partial charge in [-0.15, -0.1) is 0 Å². The number of aromatic hydroxyl groups is 1. The van der Waals surface area contributed by atoms with Crippen LogP contribution in [-0.4, -0.2) is 21.3 Å². The molecular weight excluding hydrogens is 256 g/mol. The monoisotopic (exact) mass is 280 g/mol. The Morgan fingerprint density at radius 2 is 1.75 bits per heavy atom. The van der Waals surface area contributed by atoms with E-state index in [1.165, 1.54) is 6.07 Å². The number of aliphatic hydroxyl groups excluding tert-OH is 1. The van der Waals surface area contributed by atoms with Gasteiger partial charge in [-0.1, -0.05) is 40.7 Å². The van der Waals surface area contributed by atoms with E-state index in [-0.39, 0.29) is 22.1 Å². The molecule has 0 aliphatic heterocycles. The summed E-state index contributed by atoms with van der Waals surface area (Å²) in [5.74, 6) is -1.57. The van der Waals surface area contributed by atoms with Crippen molar-refractivity contribution in [2.45, 2.75) is 52.6 Å². The van der Waals surface area contributed by atoms with Gasteiger partial charge in [0, 0.05) is 5.56 Å². The van der Waals surface area contributed by atoms with Crippen LogP contribution in [0.1, 0.15) is 58.3 Å². The number of carboxylic acids is 1. The number of phenolic OH excluding ortho intramolecular Hbond substituents is 1. The third kappa shape index (κ3) is 3.97. The standard InChI is InChI=1S/C16H24O4/c1-15(2,3)9-16(4,5)10-6-7-12(17)11(8-10)13(18)14(19)20/h6-8,13,17-18H,9H2,1-5H3,(H,19,20). The fourth-order valence-electron chi connectivity index (χ4n) is 2.76. The van der Waals surface area contributed by atoms with E-state index < -0.39 is 12.1 Å². The second kappa shape index (κ2) is 5.44. The van der Waals surface area contributed by atoms with Crippen molar-refractivity contribution in [2.75, 3.05) is 0 Å². The van der Waals surface area contributed by atoms with Crippen molar-refractivity contribution in [3.63, 3.8) is 0 Å². The van der Waals surface area contributed by atoms with Crippen LogP contribution < -0.4 is 0 Å². The van der Waals surface area contributed by atoms with Crippen molar-refractivity contribution in [3.05, 3.63) is 29.3 Å². The highest BCUT2D eigenvalue weighted by Crippen LogP contribution is 2.38. The molecule has 1 unspecified atom stereocenters. The lowest BCUT2D eigenvalue weighted by molar-refractivity contribution is -0.147. The highest BCUT2D eigenvalue weighted by Gasteiger charge is 2.29. The lowest BCUT2D eigenvalue weighted by Gasteiger charge is -2.33. The van der Waals surface area contributed by atoms with E-state index in [0.29, 0.717) is 0 Å². The highest BCUT2D eigenvalue weighted by atomic mass is 16.4. The van der Waals surface area contributed by atoms with E-state index in [4.69, 9.17) is 5.11 Å². The Morgan fingerprint density at radius 1 is 1.20 bits per heavy atom. The SMILES string of the molecule is CC(C)(C)CC(C)(C)c1ccc(O)c(C(O)C(=O)O)c1. The Morgan fingerprint density at radius 3 is 2.20 bits per heavy atom. The lowest BCUT2D eigenvalue weighted by atomic mass is 9.72. The van der Waals surface area contributed by atoms with Gasteiger partial charge in [-0.3, -0.25) is 0 Å². The van der Waals surface area contributed by atoms with Crippen LogP contribution in [0.15, 0.2) is 18.2 Å². The minimum Gasteiger partial charge on any atom is -0.508 e. The summed E-state index contributed by atoms with van der Waals surface area (Å²) in [5, 5.41) is 28.2. The first-order chi connectivity index (χ1) is 8.94. The number of benzene rings is 1. The predicted molar refractivity (Wildman–Crippen MR) is 77.8 cm³/mol. The van der Waals surface area contributed by atoms with Gasteiger partial charge in [-0.25, -0.2) is 4.79 Å². The van der Waals surface area contributed by atoms with E-state index in [1.54, 1.807) is 12.1 Å². The molecule has 1 rings (SSSR count). The molecule has 0 bridgehead atoms. The molecule has 0 spiro atoms.